The summed E-state index contributed by atoms with van der Waals surface area (Å²) in [5.41, 5.74) is 5.67. The molecule has 4 nitrogen and oxygen atoms in total. The first-order chi connectivity index (χ1) is 7.00. The van der Waals surface area contributed by atoms with Crippen LogP contribution < -0.4 is 11.1 Å². The zero-order valence-electron chi connectivity index (χ0n) is 8.70. The van der Waals surface area contributed by atoms with E-state index >= 15 is 0 Å². The van der Waals surface area contributed by atoms with Gasteiger partial charge in [-0.2, -0.15) is 0 Å². The lowest BCUT2D eigenvalue weighted by atomic mass is 10.1. The molecule has 1 aromatic rings. The van der Waals surface area contributed by atoms with Crippen LogP contribution in [-0.4, -0.2) is 16.9 Å². The summed E-state index contributed by atoms with van der Waals surface area (Å²) >= 11 is 5.66. The Labute approximate surface area is 93.8 Å². The fourth-order valence-electron chi connectivity index (χ4n) is 0.962. The molecule has 0 aliphatic rings. The Hall–Kier alpha value is -1.13. The lowest BCUT2D eigenvalue weighted by Crippen LogP contribution is -2.39. The Balaban J connectivity index is 2.62. The van der Waals surface area contributed by atoms with Crippen LogP contribution in [0.15, 0.2) is 18.3 Å². The minimum atomic E-state index is -0.525. The van der Waals surface area contributed by atoms with Gasteiger partial charge in [-0.25, -0.2) is 4.98 Å². The highest BCUT2D eigenvalue weighted by atomic mass is 35.5. The van der Waals surface area contributed by atoms with E-state index in [-0.39, 0.29) is 11.8 Å². The number of anilines is 1. The van der Waals surface area contributed by atoms with E-state index < -0.39 is 6.04 Å². The lowest BCUT2D eigenvalue weighted by Gasteiger charge is -2.14. The van der Waals surface area contributed by atoms with Crippen molar-refractivity contribution in [1.82, 2.24) is 4.98 Å². The molecule has 3 N–H and O–H groups in total. The molecule has 15 heavy (non-hydrogen) atoms. The first kappa shape index (κ1) is 11.9. The Bertz CT molecular complexity index is 337. The second kappa shape index (κ2) is 5.09. The molecule has 1 heterocycles. The van der Waals surface area contributed by atoms with Gasteiger partial charge >= 0.3 is 0 Å². The number of nitrogens with two attached hydrogens (primary N) is 1. The lowest BCUT2D eigenvalue weighted by molar-refractivity contribution is -0.118. The maximum Gasteiger partial charge on any atom is 0.242 e. The summed E-state index contributed by atoms with van der Waals surface area (Å²) in [7, 11) is 0. The maximum atomic E-state index is 11.5. The van der Waals surface area contributed by atoms with Crippen molar-refractivity contribution in [2.75, 3.05) is 5.32 Å². The highest BCUT2D eigenvalue weighted by molar-refractivity contribution is 6.30. The summed E-state index contributed by atoms with van der Waals surface area (Å²) in [5.74, 6) is 0.317. The summed E-state index contributed by atoms with van der Waals surface area (Å²) in [6.07, 6.45) is 1.47. The average Bonchev–Trinajstić information content (AvgIpc) is 2.20. The fourth-order valence-corrected chi connectivity index (χ4v) is 1.07. The van der Waals surface area contributed by atoms with Crippen LogP contribution >= 0.6 is 11.6 Å². The third kappa shape index (κ3) is 3.49. The predicted octanol–water partition coefficient (Wildman–Crippen LogP) is 1.66. The molecular weight excluding hydrogens is 214 g/mol. The number of hydrogen-bond acceptors (Lipinski definition) is 3. The molecule has 0 aliphatic heterocycles. The molecule has 0 saturated carbocycles. The Morgan fingerprint density at radius 1 is 1.53 bits per heavy atom. The van der Waals surface area contributed by atoms with E-state index in [9.17, 15) is 4.79 Å². The molecular formula is C10H14ClN3O. The van der Waals surface area contributed by atoms with Gasteiger partial charge in [-0.3, -0.25) is 4.79 Å². The van der Waals surface area contributed by atoms with Gasteiger partial charge in [0.1, 0.15) is 5.82 Å². The summed E-state index contributed by atoms with van der Waals surface area (Å²) in [5, 5.41) is 3.15. The van der Waals surface area contributed by atoms with Gasteiger partial charge in [0.25, 0.3) is 0 Å². The molecule has 0 aromatic carbocycles. The van der Waals surface area contributed by atoms with Gasteiger partial charge in [0, 0.05) is 6.20 Å². The molecule has 1 amide bonds. The van der Waals surface area contributed by atoms with Crippen LogP contribution in [0.4, 0.5) is 5.82 Å². The number of amides is 1. The standard InChI is InChI=1S/C10H14ClN3O/c1-6(2)9(12)10(15)14-8-4-3-7(11)5-13-8/h3-6,9H,12H2,1-2H3,(H,13,14,15)/t9-/m1/s1. The van der Waals surface area contributed by atoms with E-state index in [2.05, 4.69) is 10.3 Å². The number of pyridine rings is 1. The number of nitrogens with zero attached hydrogens (tertiary/aromatic N) is 1. The first-order valence-electron chi connectivity index (χ1n) is 4.68. The van der Waals surface area contributed by atoms with Gasteiger partial charge in [-0.1, -0.05) is 25.4 Å². The number of rotatable bonds is 3. The van der Waals surface area contributed by atoms with E-state index in [4.69, 9.17) is 17.3 Å². The maximum absolute atomic E-state index is 11.5. The van der Waals surface area contributed by atoms with Gasteiger partial charge in [-0.05, 0) is 18.1 Å². The number of carbonyl (C=O) groups excluding carboxylic acids is 1. The topological polar surface area (TPSA) is 68.0 Å². The molecule has 0 spiro atoms. The normalized spacial score (nSPS) is 12.6. The number of carbonyl (C=O) groups is 1. The summed E-state index contributed by atoms with van der Waals surface area (Å²) in [4.78, 5) is 15.5. The largest absolute Gasteiger partial charge is 0.320 e. The molecule has 0 unspecified atom stereocenters. The van der Waals surface area contributed by atoms with Crippen molar-refractivity contribution >= 4 is 23.3 Å². The minimum Gasteiger partial charge on any atom is -0.320 e. The van der Waals surface area contributed by atoms with Gasteiger partial charge in [0.2, 0.25) is 5.91 Å². The van der Waals surface area contributed by atoms with Gasteiger partial charge in [-0.15, -0.1) is 0 Å². The molecule has 0 saturated heterocycles. The second-order valence-corrected chi connectivity index (χ2v) is 4.06. The van der Waals surface area contributed by atoms with Crippen LogP contribution in [0.2, 0.25) is 5.02 Å². The predicted molar refractivity (Wildman–Crippen MR) is 60.7 cm³/mol. The zero-order valence-corrected chi connectivity index (χ0v) is 9.45. The van der Waals surface area contributed by atoms with Crippen molar-refractivity contribution in [1.29, 1.82) is 0 Å². The highest BCUT2D eigenvalue weighted by Crippen LogP contribution is 2.10. The quantitative estimate of drug-likeness (QED) is 0.825. The molecule has 82 valence electrons. The molecule has 0 bridgehead atoms. The Kier molecular flexibility index (Phi) is 4.05. The molecule has 5 heteroatoms. The Morgan fingerprint density at radius 3 is 2.67 bits per heavy atom. The van der Waals surface area contributed by atoms with Crippen LogP contribution in [0.3, 0.4) is 0 Å². The monoisotopic (exact) mass is 227 g/mol. The van der Waals surface area contributed by atoms with Crippen molar-refractivity contribution in [2.45, 2.75) is 19.9 Å². The highest BCUT2D eigenvalue weighted by Gasteiger charge is 2.17. The van der Waals surface area contributed by atoms with Crippen LogP contribution in [0.1, 0.15) is 13.8 Å². The van der Waals surface area contributed by atoms with E-state index in [1.54, 1.807) is 12.1 Å². The molecule has 1 rings (SSSR count). The van der Waals surface area contributed by atoms with Crippen molar-refractivity contribution in [3.8, 4) is 0 Å². The van der Waals surface area contributed by atoms with Crippen LogP contribution in [0.5, 0.6) is 0 Å². The van der Waals surface area contributed by atoms with E-state index in [0.29, 0.717) is 10.8 Å². The minimum absolute atomic E-state index is 0.0947. The average molecular weight is 228 g/mol. The smallest absolute Gasteiger partial charge is 0.242 e. The second-order valence-electron chi connectivity index (χ2n) is 3.62. The van der Waals surface area contributed by atoms with Gasteiger partial charge in [0.05, 0.1) is 11.1 Å². The van der Waals surface area contributed by atoms with E-state index in [1.165, 1.54) is 6.20 Å². The fraction of sp³-hybridized carbons (Fsp3) is 0.400. The zero-order chi connectivity index (χ0) is 11.4. The molecule has 0 radical (unpaired) electrons. The van der Waals surface area contributed by atoms with Gasteiger partial charge in [0.15, 0.2) is 0 Å². The van der Waals surface area contributed by atoms with Crippen LogP contribution in [-0.2, 0) is 4.79 Å². The SMILES string of the molecule is CC(C)[C@@H](N)C(=O)Nc1ccc(Cl)cn1. The van der Waals surface area contributed by atoms with Crippen LogP contribution in [0.25, 0.3) is 0 Å². The number of nitrogens with one attached hydrogen (secondary N) is 1. The Morgan fingerprint density at radius 2 is 2.20 bits per heavy atom. The summed E-state index contributed by atoms with van der Waals surface area (Å²) in [6, 6.07) is 2.76. The van der Waals surface area contributed by atoms with Gasteiger partial charge < -0.3 is 11.1 Å². The number of halogens is 1. The third-order valence-corrected chi connectivity index (χ3v) is 2.22. The van der Waals surface area contributed by atoms with Crippen molar-refractivity contribution in [3.05, 3.63) is 23.4 Å². The third-order valence-electron chi connectivity index (χ3n) is 2.00. The summed E-state index contributed by atoms with van der Waals surface area (Å²) in [6.45, 7) is 3.78. The molecule has 1 atom stereocenters. The first-order valence-corrected chi connectivity index (χ1v) is 5.06. The number of aromatic nitrogens is 1. The van der Waals surface area contributed by atoms with E-state index in [1.807, 2.05) is 13.8 Å². The molecule has 0 fully saturated rings. The van der Waals surface area contributed by atoms with Crippen molar-refractivity contribution < 1.29 is 4.79 Å². The van der Waals surface area contributed by atoms with Crippen molar-refractivity contribution in [2.24, 2.45) is 11.7 Å². The number of hydrogen-bond donors (Lipinski definition) is 2. The molecule has 1 aromatic heterocycles. The van der Waals surface area contributed by atoms with Crippen molar-refractivity contribution in [3.63, 3.8) is 0 Å². The summed E-state index contributed by atoms with van der Waals surface area (Å²) < 4.78 is 0. The van der Waals surface area contributed by atoms with Crippen LogP contribution in [0, 0.1) is 5.92 Å². The molecule has 0 aliphatic carbocycles. The van der Waals surface area contributed by atoms with E-state index in [0.717, 1.165) is 0 Å².